The molecule has 0 spiro atoms. The molecule has 38 heavy (non-hydrogen) atoms. The fourth-order valence-corrected chi connectivity index (χ4v) is 4.71. The van der Waals surface area contributed by atoms with Crippen molar-refractivity contribution in [2.75, 3.05) is 6.61 Å². The van der Waals surface area contributed by atoms with Crippen LogP contribution in [-0.2, 0) is 15.7 Å². The van der Waals surface area contributed by atoms with Crippen LogP contribution >= 0.6 is 0 Å². The molecule has 1 saturated carbocycles. The van der Waals surface area contributed by atoms with Crippen molar-refractivity contribution in [3.63, 3.8) is 0 Å². The summed E-state index contributed by atoms with van der Waals surface area (Å²) < 4.78 is 50.1. The quantitative estimate of drug-likeness (QED) is 0.274. The first-order valence-corrected chi connectivity index (χ1v) is 12.6. The second kappa shape index (κ2) is 10.8. The molecule has 0 atom stereocenters. The van der Waals surface area contributed by atoms with Crippen LogP contribution < -0.4 is 4.74 Å². The number of pyridine rings is 2. The number of fused-ring (bicyclic) bond motifs is 1. The van der Waals surface area contributed by atoms with Gasteiger partial charge in [-0.2, -0.15) is 13.2 Å². The number of nitrogens with zero attached hydrogens (tertiary/aromatic N) is 3. The summed E-state index contributed by atoms with van der Waals surface area (Å²) in [5, 5.41) is 0. The molecule has 0 bridgehead atoms. The van der Waals surface area contributed by atoms with Gasteiger partial charge in [-0.05, 0) is 74.9 Å². The van der Waals surface area contributed by atoms with Crippen molar-refractivity contribution < 1.29 is 27.4 Å². The van der Waals surface area contributed by atoms with Gasteiger partial charge in [0.1, 0.15) is 11.9 Å². The number of hydrogen-bond acceptors (Lipinski definition) is 6. The molecule has 0 unspecified atom stereocenters. The topological polar surface area (TPSA) is 90.0 Å². The predicted octanol–water partition coefficient (Wildman–Crippen LogP) is 6.60. The van der Waals surface area contributed by atoms with Crippen LogP contribution in [0.2, 0.25) is 0 Å². The van der Waals surface area contributed by atoms with E-state index in [1.165, 1.54) is 6.07 Å². The van der Waals surface area contributed by atoms with Crippen molar-refractivity contribution in [1.82, 2.24) is 19.9 Å². The number of rotatable bonds is 7. The van der Waals surface area contributed by atoms with Gasteiger partial charge in [0.25, 0.3) is 0 Å². The number of nitrogens with one attached hydrogen (secondary N) is 1. The molecule has 0 amide bonds. The zero-order chi connectivity index (χ0) is 26.7. The average Bonchev–Trinajstić information content (AvgIpc) is 3.34. The molecule has 1 aliphatic carbocycles. The highest BCUT2D eigenvalue weighted by Gasteiger charge is 2.31. The highest BCUT2D eigenvalue weighted by Crippen LogP contribution is 2.32. The van der Waals surface area contributed by atoms with Crippen LogP contribution in [0.3, 0.4) is 0 Å². The summed E-state index contributed by atoms with van der Waals surface area (Å²) >= 11 is 0. The lowest BCUT2D eigenvalue weighted by Crippen LogP contribution is -2.26. The first-order chi connectivity index (χ1) is 18.3. The maximum atomic E-state index is 13.0. The Hall–Kier alpha value is -3.95. The van der Waals surface area contributed by atoms with Gasteiger partial charge in [0.2, 0.25) is 5.88 Å². The Kier molecular flexibility index (Phi) is 7.31. The third kappa shape index (κ3) is 5.95. The van der Waals surface area contributed by atoms with E-state index in [1.54, 1.807) is 12.4 Å². The Morgan fingerprint density at radius 3 is 2.42 bits per heavy atom. The second-order valence-electron chi connectivity index (χ2n) is 9.40. The van der Waals surface area contributed by atoms with E-state index in [1.807, 2.05) is 31.2 Å². The van der Waals surface area contributed by atoms with Crippen molar-refractivity contribution in [3.05, 3.63) is 60.4 Å². The zero-order valence-electron chi connectivity index (χ0n) is 20.8. The van der Waals surface area contributed by atoms with E-state index < -0.39 is 11.7 Å². The number of carbonyl (C=O) groups excluding carboxylic acids is 1. The van der Waals surface area contributed by atoms with Crippen LogP contribution in [0.5, 0.6) is 5.88 Å². The number of halogens is 3. The maximum Gasteiger partial charge on any atom is 0.416 e. The smallest absolute Gasteiger partial charge is 0.416 e. The first kappa shape index (κ1) is 25.7. The summed E-state index contributed by atoms with van der Waals surface area (Å²) in [7, 11) is 0. The lowest BCUT2D eigenvalue weighted by atomic mass is 9.85. The molecule has 3 aromatic heterocycles. The minimum absolute atomic E-state index is 0.0697. The molecule has 1 aromatic carbocycles. The third-order valence-electron chi connectivity index (χ3n) is 6.72. The Balaban J connectivity index is 1.19. The van der Waals surface area contributed by atoms with E-state index in [0.717, 1.165) is 43.4 Å². The molecule has 1 fully saturated rings. The molecule has 4 aromatic rings. The number of esters is 1. The van der Waals surface area contributed by atoms with Crippen LogP contribution in [0.25, 0.3) is 33.7 Å². The number of aromatic nitrogens is 4. The molecule has 1 N–H and O–H groups in total. The van der Waals surface area contributed by atoms with Gasteiger partial charge in [-0.1, -0.05) is 0 Å². The van der Waals surface area contributed by atoms with Crippen molar-refractivity contribution in [1.29, 1.82) is 0 Å². The maximum absolute atomic E-state index is 13.0. The van der Waals surface area contributed by atoms with E-state index in [4.69, 9.17) is 9.47 Å². The Morgan fingerprint density at radius 2 is 1.76 bits per heavy atom. The predicted molar refractivity (Wildman–Crippen MR) is 135 cm³/mol. The number of carbonyl (C=O) groups is 1. The molecular formula is C28H27F3N4O3. The number of H-pyrrole nitrogens is 1. The Bertz CT molecular complexity index is 1390. The number of aromatic amines is 1. The minimum Gasteiger partial charge on any atom is -0.474 e. The summed E-state index contributed by atoms with van der Waals surface area (Å²) in [4.78, 5) is 28.0. The van der Waals surface area contributed by atoms with Gasteiger partial charge in [-0.15, -0.1) is 0 Å². The summed E-state index contributed by atoms with van der Waals surface area (Å²) in [6.07, 6.45) is 3.02. The number of ether oxygens (including phenoxy) is 2. The lowest BCUT2D eigenvalue weighted by Gasteiger charge is -2.28. The first-order valence-electron chi connectivity index (χ1n) is 12.6. The van der Waals surface area contributed by atoms with Gasteiger partial charge in [0.15, 0.2) is 0 Å². The average molecular weight is 525 g/mol. The van der Waals surface area contributed by atoms with Gasteiger partial charge < -0.3 is 14.5 Å². The molecule has 7 nitrogen and oxygen atoms in total. The van der Waals surface area contributed by atoms with Gasteiger partial charge in [0.05, 0.1) is 28.9 Å². The van der Waals surface area contributed by atoms with Gasteiger partial charge in [0, 0.05) is 36.0 Å². The zero-order valence-corrected chi connectivity index (χ0v) is 20.8. The van der Waals surface area contributed by atoms with Gasteiger partial charge in [-0.3, -0.25) is 9.78 Å². The molecule has 198 valence electrons. The monoisotopic (exact) mass is 524 g/mol. The molecular weight excluding hydrogens is 497 g/mol. The van der Waals surface area contributed by atoms with Crippen LogP contribution in [0.4, 0.5) is 13.2 Å². The normalized spacial score (nSPS) is 17.9. The number of hydrogen-bond donors (Lipinski definition) is 1. The summed E-state index contributed by atoms with van der Waals surface area (Å²) in [5.41, 5.74) is 2.18. The molecule has 0 radical (unpaired) electrons. The minimum atomic E-state index is -4.42. The van der Waals surface area contributed by atoms with Crippen LogP contribution in [-0.4, -0.2) is 38.6 Å². The van der Waals surface area contributed by atoms with E-state index >= 15 is 0 Å². The molecule has 0 aliphatic heterocycles. The second-order valence-corrected chi connectivity index (χ2v) is 9.40. The molecule has 3 heterocycles. The molecule has 1 aliphatic rings. The van der Waals surface area contributed by atoms with E-state index in [2.05, 4.69) is 19.9 Å². The Morgan fingerprint density at radius 1 is 1.00 bits per heavy atom. The standard InChI is InChI=1S/C28H27F3N4O3/c1-2-37-26(36)13-17-3-8-21(9-4-17)38-25-12-6-18(15-33-25)22-10-5-19(16-32-22)27-34-23-11-7-20(28(29,30)31)14-24(23)35-27/h5-7,10-12,14-17,21H,2-4,8-9,13H2,1H3,(H,34,35)/t17-,21-. The van der Waals surface area contributed by atoms with E-state index in [9.17, 15) is 18.0 Å². The lowest BCUT2D eigenvalue weighted by molar-refractivity contribution is -0.144. The van der Waals surface area contributed by atoms with Crippen molar-refractivity contribution in [2.45, 2.75) is 51.3 Å². The number of imidazole rings is 1. The van der Waals surface area contributed by atoms with Gasteiger partial charge in [-0.25, -0.2) is 9.97 Å². The Labute approximate surface area is 217 Å². The summed E-state index contributed by atoms with van der Waals surface area (Å²) in [5.74, 6) is 1.19. The van der Waals surface area contributed by atoms with Crippen molar-refractivity contribution in [2.24, 2.45) is 5.92 Å². The highest BCUT2D eigenvalue weighted by atomic mass is 19.4. The SMILES string of the molecule is CCOC(=O)C[C@H]1CC[C@H](Oc2ccc(-c3ccc(-c4nc5cc(C(F)(F)F)ccc5[nH]4)cn3)cn2)CC1. The van der Waals surface area contributed by atoms with Crippen LogP contribution in [0.1, 0.15) is 44.6 Å². The van der Waals surface area contributed by atoms with Crippen molar-refractivity contribution >= 4 is 17.0 Å². The summed E-state index contributed by atoms with van der Waals surface area (Å²) in [6, 6.07) is 10.8. The molecule has 10 heteroatoms. The number of alkyl halides is 3. The van der Waals surface area contributed by atoms with Crippen LogP contribution in [0.15, 0.2) is 54.9 Å². The van der Waals surface area contributed by atoms with Crippen LogP contribution in [0, 0.1) is 5.92 Å². The van der Waals surface area contributed by atoms with Gasteiger partial charge >= 0.3 is 12.1 Å². The molecule has 5 rings (SSSR count). The number of benzene rings is 1. The molecule has 0 saturated heterocycles. The van der Waals surface area contributed by atoms with E-state index in [0.29, 0.717) is 47.4 Å². The fourth-order valence-electron chi connectivity index (χ4n) is 4.71. The largest absolute Gasteiger partial charge is 0.474 e. The highest BCUT2D eigenvalue weighted by molar-refractivity contribution is 5.80. The van der Waals surface area contributed by atoms with Crippen molar-refractivity contribution in [3.8, 4) is 28.5 Å². The third-order valence-corrected chi connectivity index (χ3v) is 6.72. The fraction of sp³-hybridized carbons (Fsp3) is 0.357. The van der Waals surface area contributed by atoms with E-state index in [-0.39, 0.29) is 17.6 Å². The summed E-state index contributed by atoms with van der Waals surface area (Å²) in [6.45, 7) is 2.23.